The highest BCUT2D eigenvalue weighted by Gasteiger charge is 2.09. The molecule has 0 aromatic carbocycles. The Balaban J connectivity index is 1.73. The minimum atomic E-state index is -0.0534. The van der Waals surface area contributed by atoms with Crippen molar-refractivity contribution in [2.75, 3.05) is 39.3 Å². The topological polar surface area (TPSA) is 41.6 Å². The Morgan fingerprint density at radius 1 is 1.05 bits per heavy atom. The lowest BCUT2D eigenvalue weighted by Gasteiger charge is -2.13. The number of rotatable bonds is 12. The van der Waals surface area contributed by atoms with Crippen LogP contribution in [0.2, 0.25) is 0 Å². The van der Waals surface area contributed by atoms with Gasteiger partial charge in [-0.15, -0.1) is 0 Å². The molecule has 4 nitrogen and oxygen atoms in total. The van der Waals surface area contributed by atoms with E-state index in [1.54, 1.807) is 0 Å². The van der Waals surface area contributed by atoms with Crippen molar-refractivity contribution in [1.29, 1.82) is 0 Å². The zero-order valence-electron chi connectivity index (χ0n) is 13.2. The summed E-state index contributed by atoms with van der Waals surface area (Å²) >= 11 is 0. The first-order chi connectivity index (χ1) is 9.83. The van der Waals surface area contributed by atoms with Crippen molar-refractivity contribution in [2.24, 2.45) is 0 Å². The maximum absolute atomic E-state index is 11.1. The lowest BCUT2D eigenvalue weighted by molar-refractivity contribution is -0.143. The van der Waals surface area contributed by atoms with Crippen molar-refractivity contribution in [3.63, 3.8) is 0 Å². The fourth-order valence-corrected chi connectivity index (χ4v) is 2.65. The Kier molecular flexibility index (Phi) is 10.6. The second-order valence-electron chi connectivity index (χ2n) is 5.62. The molecule has 1 rings (SSSR count). The normalized spacial score (nSPS) is 15.7. The van der Waals surface area contributed by atoms with Crippen molar-refractivity contribution < 1.29 is 9.53 Å². The molecular weight excluding hydrogens is 252 g/mol. The maximum Gasteiger partial charge on any atom is 0.305 e. The summed E-state index contributed by atoms with van der Waals surface area (Å²) in [5.41, 5.74) is 0. The first-order valence-electron chi connectivity index (χ1n) is 8.41. The van der Waals surface area contributed by atoms with E-state index in [1.165, 1.54) is 45.3 Å². The van der Waals surface area contributed by atoms with Gasteiger partial charge in [-0.3, -0.25) is 4.79 Å². The summed E-state index contributed by atoms with van der Waals surface area (Å²) in [5, 5.41) is 3.49. The van der Waals surface area contributed by atoms with Crippen molar-refractivity contribution in [2.45, 2.75) is 58.3 Å². The molecule has 118 valence electrons. The van der Waals surface area contributed by atoms with Crippen LogP contribution in [-0.4, -0.2) is 50.2 Å². The lowest BCUT2D eigenvalue weighted by Crippen LogP contribution is -2.22. The summed E-state index contributed by atoms with van der Waals surface area (Å²) in [7, 11) is 0. The number of esters is 1. The van der Waals surface area contributed by atoms with Gasteiger partial charge in [-0.2, -0.15) is 0 Å². The Labute approximate surface area is 124 Å². The van der Waals surface area contributed by atoms with Crippen molar-refractivity contribution in [3.05, 3.63) is 0 Å². The van der Waals surface area contributed by atoms with E-state index in [0.717, 1.165) is 32.4 Å². The minimum absolute atomic E-state index is 0.0534. The van der Waals surface area contributed by atoms with Crippen molar-refractivity contribution in [1.82, 2.24) is 10.2 Å². The molecule has 0 aromatic rings. The molecule has 1 heterocycles. The van der Waals surface area contributed by atoms with Gasteiger partial charge in [0.25, 0.3) is 0 Å². The van der Waals surface area contributed by atoms with E-state index in [9.17, 15) is 4.79 Å². The van der Waals surface area contributed by atoms with E-state index >= 15 is 0 Å². The molecular formula is C16H32N2O2. The fourth-order valence-electron chi connectivity index (χ4n) is 2.65. The van der Waals surface area contributed by atoms with Gasteiger partial charge < -0.3 is 15.0 Å². The van der Waals surface area contributed by atoms with Crippen LogP contribution in [0.15, 0.2) is 0 Å². The number of carbonyl (C=O) groups excluding carboxylic acids is 1. The first kappa shape index (κ1) is 17.4. The average molecular weight is 284 g/mol. The molecule has 0 spiro atoms. The van der Waals surface area contributed by atoms with E-state index in [2.05, 4.69) is 10.2 Å². The molecule has 1 N–H and O–H groups in total. The molecule has 1 aliphatic rings. The molecule has 0 bridgehead atoms. The Hall–Kier alpha value is -0.610. The Morgan fingerprint density at radius 2 is 1.75 bits per heavy atom. The molecule has 20 heavy (non-hydrogen) atoms. The zero-order chi connectivity index (χ0) is 14.5. The molecule has 0 aromatic heterocycles. The molecule has 0 amide bonds. The standard InChI is InChI=1S/C16H32N2O2/c1-2-20-16(19)10-4-3-5-11-17-12-6-7-13-18-14-8-9-15-18/h17H,2-15H2,1H3. The van der Waals surface area contributed by atoms with Gasteiger partial charge in [-0.1, -0.05) is 6.42 Å². The Morgan fingerprint density at radius 3 is 2.45 bits per heavy atom. The monoisotopic (exact) mass is 284 g/mol. The number of hydrogen-bond acceptors (Lipinski definition) is 4. The smallest absolute Gasteiger partial charge is 0.305 e. The number of nitrogens with one attached hydrogen (secondary N) is 1. The van der Waals surface area contributed by atoms with Gasteiger partial charge in [0, 0.05) is 6.42 Å². The quantitative estimate of drug-likeness (QED) is 0.442. The van der Waals surface area contributed by atoms with Crippen LogP contribution in [0, 0.1) is 0 Å². The summed E-state index contributed by atoms with van der Waals surface area (Å²) in [6, 6.07) is 0. The van der Waals surface area contributed by atoms with Crippen LogP contribution in [0.1, 0.15) is 58.3 Å². The molecule has 0 unspecified atom stereocenters. The lowest BCUT2D eigenvalue weighted by atomic mass is 10.2. The van der Waals surface area contributed by atoms with E-state index < -0.39 is 0 Å². The van der Waals surface area contributed by atoms with Crippen LogP contribution in [-0.2, 0) is 9.53 Å². The zero-order valence-corrected chi connectivity index (χ0v) is 13.2. The third-order valence-corrected chi connectivity index (χ3v) is 3.82. The number of unbranched alkanes of at least 4 members (excludes halogenated alkanes) is 3. The largest absolute Gasteiger partial charge is 0.466 e. The summed E-state index contributed by atoms with van der Waals surface area (Å²) in [4.78, 5) is 13.7. The number of nitrogens with zero attached hydrogens (tertiary/aromatic N) is 1. The second kappa shape index (κ2) is 12.2. The van der Waals surface area contributed by atoms with Crippen molar-refractivity contribution >= 4 is 5.97 Å². The van der Waals surface area contributed by atoms with E-state index in [0.29, 0.717) is 13.0 Å². The van der Waals surface area contributed by atoms with E-state index in [1.807, 2.05) is 6.92 Å². The van der Waals surface area contributed by atoms with Crippen LogP contribution >= 0.6 is 0 Å². The average Bonchev–Trinajstić information content (AvgIpc) is 2.94. The predicted molar refractivity (Wildman–Crippen MR) is 82.9 cm³/mol. The molecule has 1 aliphatic heterocycles. The van der Waals surface area contributed by atoms with Gasteiger partial charge >= 0.3 is 5.97 Å². The first-order valence-corrected chi connectivity index (χ1v) is 8.41. The van der Waals surface area contributed by atoms with Gasteiger partial charge in [-0.05, 0) is 78.2 Å². The van der Waals surface area contributed by atoms with Gasteiger partial charge in [0.15, 0.2) is 0 Å². The predicted octanol–water partition coefficient (Wildman–Crippen LogP) is 2.58. The van der Waals surface area contributed by atoms with Crippen LogP contribution in [0.4, 0.5) is 0 Å². The number of likely N-dealkylation sites (tertiary alicyclic amines) is 1. The fraction of sp³-hybridized carbons (Fsp3) is 0.938. The molecule has 0 aliphatic carbocycles. The highest BCUT2D eigenvalue weighted by atomic mass is 16.5. The number of carbonyl (C=O) groups is 1. The van der Waals surface area contributed by atoms with Crippen LogP contribution in [0.25, 0.3) is 0 Å². The SMILES string of the molecule is CCOC(=O)CCCCCNCCCCN1CCCC1. The molecule has 1 fully saturated rings. The van der Waals surface area contributed by atoms with Gasteiger partial charge in [0.2, 0.25) is 0 Å². The maximum atomic E-state index is 11.1. The van der Waals surface area contributed by atoms with Gasteiger partial charge in [-0.25, -0.2) is 0 Å². The second-order valence-corrected chi connectivity index (χ2v) is 5.62. The van der Waals surface area contributed by atoms with E-state index in [4.69, 9.17) is 4.74 Å². The van der Waals surface area contributed by atoms with E-state index in [-0.39, 0.29) is 5.97 Å². The molecule has 1 saturated heterocycles. The highest BCUT2D eigenvalue weighted by Crippen LogP contribution is 2.07. The third-order valence-electron chi connectivity index (χ3n) is 3.82. The summed E-state index contributed by atoms with van der Waals surface area (Å²) < 4.78 is 4.90. The highest BCUT2D eigenvalue weighted by molar-refractivity contribution is 5.69. The van der Waals surface area contributed by atoms with Gasteiger partial charge in [0.05, 0.1) is 6.61 Å². The molecule has 0 saturated carbocycles. The summed E-state index contributed by atoms with van der Waals surface area (Å²) in [6.07, 6.45) is 9.17. The minimum Gasteiger partial charge on any atom is -0.466 e. The molecule has 0 radical (unpaired) electrons. The third kappa shape index (κ3) is 9.32. The van der Waals surface area contributed by atoms with Crippen LogP contribution in [0.3, 0.4) is 0 Å². The summed E-state index contributed by atoms with van der Waals surface area (Å²) in [6.45, 7) is 8.46. The number of hydrogen-bond donors (Lipinski definition) is 1. The Bertz CT molecular complexity index is 241. The van der Waals surface area contributed by atoms with Gasteiger partial charge in [0.1, 0.15) is 0 Å². The molecule has 4 heteroatoms. The van der Waals surface area contributed by atoms with Crippen molar-refractivity contribution in [3.8, 4) is 0 Å². The molecule has 0 atom stereocenters. The van der Waals surface area contributed by atoms with Crippen LogP contribution < -0.4 is 5.32 Å². The van der Waals surface area contributed by atoms with Crippen LogP contribution in [0.5, 0.6) is 0 Å². The summed E-state index contributed by atoms with van der Waals surface area (Å²) in [5.74, 6) is -0.0534. The number of ether oxygens (including phenoxy) is 1.